The molecule has 0 radical (unpaired) electrons. The summed E-state index contributed by atoms with van der Waals surface area (Å²) < 4.78 is 16.1. The smallest absolute Gasteiger partial charge is 0.410 e. The SMILES string of the molecule is CCOC(=O)C1=C(c2ccc(OCC)cc2)CCN(C(=O)OC(C)(C)C)C1. The van der Waals surface area contributed by atoms with E-state index in [2.05, 4.69) is 0 Å². The van der Waals surface area contributed by atoms with Crippen molar-refractivity contribution in [2.45, 2.75) is 46.6 Å². The van der Waals surface area contributed by atoms with Gasteiger partial charge in [-0.3, -0.25) is 0 Å². The molecular weight excluding hydrogens is 346 g/mol. The summed E-state index contributed by atoms with van der Waals surface area (Å²) in [7, 11) is 0. The van der Waals surface area contributed by atoms with Crippen LogP contribution in [0, 0.1) is 0 Å². The van der Waals surface area contributed by atoms with Crippen LogP contribution in [0.2, 0.25) is 0 Å². The van der Waals surface area contributed by atoms with Gasteiger partial charge in [-0.2, -0.15) is 0 Å². The van der Waals surface area contributed by atoms with Crippen molar-refractivity contribution in [3.63, 3.8) is 0 Å². The molecule has 0 bridgehead atoms. The predicted octanol–water partition coefficient (Wildman–Crippen LogP) is 4.04. The highest BCUT2D eigenvalue weighted by Gasteiger charge is 2.30. The molecule has 1 aromatic rings. The molecule has 2 rings (SSSR count). The summed E-state index contributed by atoms with van der Waals surface area (Å²) in [5, 5.41) is 0. The Hall–Kier alpha value is -2.50. The molecule has 27 heavy (non-hydrogen) atoms. The molecule has 1 amide bonds. The van der Waals surface area contributed by atoms with Crippen LogP contribution in [-0.2, 0) is 14.3 Å². The molecule has 0 aromatic heterocycles. The molecule has 0 saturated carbocycles. The highest BCUT2D eigenvalue weighted by molar-refractivity contribution is 5.99. The van der Waals surface area contributed by atoms with Crippen LogP contribution >= 0.6 is 0 Å². The monoisotopic (exact) mass is 375 g/mol. The number of hydrogen-bond donors (Lipinski definition) is 0. The summed E-state index contributed by atoms with van der Waals surface area (Å²) in [4.78, 5) is 26.5. The second-order valence-electron chi connectivity index (χ2n) is 7.29. The number of benzene rings is 1. The maximum absolute atomic E-state index is 12.5. The van der Waals surface area contributed by atoms with E-state index in [9.17, 15) is 9.59 Å². The fourth-order valence-corrected chi connectivity index (χ4v) is 2.89. The van der Waals surface area contributed by atoms with Gasteiger partial charge in [-0.25, -0.2) is 9.59 Å². The molecule has 6 heteroatoms. The van der Waals surface area contributed by atoms with Crippen LogP contribution in [0.4, 0.5) is 4.79 Å². The minimum Gasteiger partial charge on any atom is -0.494 e. The van der Waals surface area contributed by atoms with Crippen molar-refractivity contribution in [2.24, 2.45) is 0 Å². The van der Waals surface area contributed by atoms with E-state index in [-0.39, 0.29) is 13.2 Å². The van der Waals surface area contributed by atoms with Gasteiger partial charge in [0.1, 0.15) is 11.4 Å². The molecule has 148 valence electrons. The van der Waals surface area contributed by atoms with Crippen molar-refractivity contribution >= 4 is 17.6 Å². The maximum atomic E-state index is 12.5. The first-order valence-corrected chi connectivity index (χ1v) is 9.35. The predicted molar refractivity (Wildman–Crippen MR) is 104 cm³/mol. The van der Waals surface area contributed by atoms with E-state index in [4.69, 9.17) is 14.2 Å². The van der Waals surface area contributed by atoms with Gasteiger partial charge in [-0.1, -0.05) is 12.1 Å². The lowest BCUT2D eigenvalue weighted by atomic mass is 9.93. The number of amides is 1. The number of carbonyl (C=O) groups excluding carboxylic acids is 2. The Morgan fingerprint density at radius 2 is 1.74 bits per heavy atom. The highest BCUT2D eigenvalue weighted by atomic mass is 16.6. The van der Waals surface area contributed by atoms with E-state index < -0.39 is 17.7 Å². The molecule has 0 aliphatic carbocycles. The van der Waals surface area contributed by atoms with Crippen molar-refractivity contribution in [3.8, 4) is 5.75 Å². The summed E-state index contributed by atoms with van der Waals surface area (Å²) in [6.45, 7) is 10.7. The third-order valence-electron chi connectivity index (χ3n) is 4.03. The van der Waals surface area contributed by atoms with Gasteiger partial charge in [-0.05, 0) is 64.3 Å². The Morgan fingerprint density at radius 1 is 1.07 bits per heavy atom. The van der Waals surface area contributed by atoms with Crippen LogP contribution in [0.25, 0.3) is 5.57 Å². The summed E-state index contributed by atoms with van der Waals surface area (Å²) in [5.74, 6) is 0.389. The lowest BCUT2D eigenvalue weighted by molar-refractivity contribution is -0.138. The molecule has 1 aliphatic rings. The summed E-state index contributed by atoms with van der Waals surface area (Å²) in [6, 6.07) is 7.63. The Kier molecular flexibility index (Phi) is 6.88. The van der Waals surface area contributed by atoms with E-state index in [1.807, 2.05) is 52.0 Å². The molecule has 0 unspecified atom stereocenters. The van der Waals surface area contributed by atoms with Gasteiger partial charge in [0, 0.05) is 6.54 Å². The van der Waals surface area contributed by atoms with Crippen LogP contribution < -0.4 is 4.74 Å². The average Bonchev–Trinajstić information content (AvgIpc) is 2.61. The first kappa shape index (κ1) is 20.8. The standard InChI is InChI=1S/C21H29NO5/c1-6-25-16-10-8-15(9-11-16)17-12-13-22(20(24)27-21(3,4)5)14-18(17)19(23)26-7-2/h8-11H,6-7,12-14H2,1-5H3. The Balaban J connectivity index is 2.29. The fraction of sp³-hybridized carbons (Fsp3) is 0.524. The third kappa shape index (κ3) is 5.74. The zero-order chi connectivity index (χ0) is 20.0. The van der Waals surface area contributed by atoms with E-state index in [0.29, 0.717) is 25.1 Å². The van der Waals surface area contributed by atoms with Gasteiger partial charge in [0.2, 0.25) is 0 Å². The van der Waals surface area contributed by atoms with Crippen LogP contribution in [0.3, 0.4) is 0 Å². The second-order valence-corrected chi connectivity index (χ2v) is 7.29. The Bertz CT molecular complexity index is 700. The Morgan fingerprint density at radius 3 is 2.30 bits per heavy atom. The van der Waals surface area contributed by atoms with E-state index in [1.165, 1.54) is 0 Å². The fourth-order valence-electron chi connectivity index (χ4n) is 2.89. The van der Waals surface area contributed by atoms with Crippen LogP contribution in [-0.4, -0.2) is 48.9 Å². The van der Waals surface area contributed by atoms with Gasteiger partial charge in [0.25, 0.3) is 0 Å². The van der Waals surface area contributed by atoms with Crippen LogP contribution in [0.1, 0.15) is 46.6 Å². The number of nitrogens with zero attached hydrogens (tertiary/aromatic N) is 1. The van der Waals surface area contributed by atoms with Gasteiger partial charge < -0.3 is 19.1 Å². The first-order valence-electron chi connectivity index (χ1n) is 9.35. The number of hydrogen-bond acceptors (Lipinski definition) is 5. The van der Waals surface area contributed by atoms with Crippen molar-refractivity contribution in [3.05, 3.63) is 35.4 Å². The zero-order valence-corrected chi connectivity index (χ0v) is 16.8. The van der Waals surface area contributed by atoms with E-state index in [0.717, 1.165) is 16.9 Å². The molecule has 0 saturated heterocycles. The quantitative estimate of drug-likeness (QED) is 0.727. The van der Waals surface area contributed by atoms with E-state index >= 15 is 0 Å². The van der Waals surface area contributed by atoms with Gasteiger partial charge in [0.05, 0.1) is 25.3 Å². The molecule has 0 spiro atoms. The largest absolute Gasteiger partial charge is 0.494 e. The van der Waals surface area contributed by atoms with Crippen LogP contribution in [0.5, 0.6) is 5.75 Å². The van der Waals surface area contributed by atoms with Crippen molar-refractivity contribution < 1.29 is 23.8 Å². The average molecular weight is 375 g/mol. The molecule has 0 atom stereocenters. The molecule has 0 fully saturated rings. The molecule has 1 heterocycles. The topological polar surface area (TPSA) is 65.1 Å². The van der Waals surface area contributed by atoms with Gasteiger partial charge in [0.15, 0.2) is 0 Å². The zero-order valence-electron chi connectivity index (χ0n) is 16.8. The van der Waals surface area contributed by atoms with Crippen molar-refractivity contribution in [1.82, 2.24) is 4.90 Å². The van der Waals surface area contributed by atoms with Gasteiger partial charge >= 0.3 is 12.1 Å². The number of rotatable bonds is 5. The summed E-state index contributed by atoms with van der Waals surface area (Å²) >= 11 is 0. The van der Waals surface area contributed by atoms with Gasteiger partial charge in [-0.15, -0.1) is 0 Å². The van der Waals surface area contributed by atoms with Crippen molar-refractivity contribution in [2.75, 3.05) is 26.3 Å². The minimum absolute atomic E-state index is 0.177. The van der Waals surface area contributed by atoms with E-state index in [1.54, 1.807) is 11.8 Å². The second kappa shape index (κ2) is 8.93. The first-order chi connectivity index (χ1) is 12.7. The molecule has 1 aromatic carbocycles. The third-order valence-corrected chi connectivity index (χ3v) is 4.03. The Labute approximate surface area is 161 Å². The minimum atomic E-state index is -0.583. The molecular formula is C21H29NO5. The maximum Gasteiger partial charge on any atom is 0.410 e. The number of esters is 1. The number of ether oxygens (including phenoxy) is 3. The molecule has 1 aliphatic heterocycles. The number of carbonyl (C=O) groups is 2. The van der Waals surface area contributed by atoms with Crippen LogP contribution in [0.15, 0.2) is 29.8 Å². The summed E-state index contributed by atoms with van der Waals surface area (Å²) in [5.41, 5.74) is 1.75. The molecule has 0 N–H and O–H groups in total. The van der Waals surface area contributed by atoms with Crippen molar-refractivity contribution in [1.29, 1.82) is 0 Å². The normalized spacial score (nSPS) is 14.8. The lowest BCUT2D eigenvalue weighted by Gasteiger charge is -2.32. The summed E-state index contributed by atoms with van der Waals surface area (Å²) in [6.07, 6.45) is 0.136. The highest BCUT2D eigenvalue weighted by Crippen LogP contribution is 2.30. The molecule has 6 nitrogen and oxygen atoms in total. The lowest BCUT2D eigenvalue weighted by Crippen LogP contribution is -2.42.